The number of hydrogen-bond acceptors (Lipinski definition) is 21. The number of nitrogens with one attached hydrogen (secondary N) is 5. The van der Waals surface area contributed by atoms with E-state index in [1.54, 1.807) is 36.0 Å². The van der Waals surface area contributed by atoms with E-state index in [1.165, 1.54) is 26.8 Å². The van der Waals surface area contributed by atoms with Crippen molar-refractivity contribution in [1.29, 1.82) is 0 Å². The third-order valence-corrected chi connectivity index (χ3v) is 13.7. The fraction of sp³-hybridized carbons (Fsp3) is 0.510. The first kappa shape index (κ1) is 57.6. The van der Waals surface area contributed by atoms with Crippen LogP contribution in [-0.4, -0.2) is 170 Å². The van der Waals surface area contributed by atoms with Gasteiger partial charge < -0.3 is 49.9 Å². The third-order valence-electron chi connectivity index (χ3n) is 12.7. The predicted octanol–water partition coefficient (Wildman–Crippen LogP) is 4.87. The zero-order valence-electron chi connectivity index (χ0n) is 43.9. The van der Waals surface area contributed by atoms with E-state index >= 15 is 0 Å². The number of ether oxygens (including phenoxy) is 5. The molecule has 5 heterocycles. The number of anilines is 6. The Kier molecular flexibility index (Phi) is 21.6. The van der Waals surface area contributed by atoms with Crippen molar-refractivity contribution in [2.24, 2.45) is 0 Å². The Morgan fingerprint density at radius 3 is 2.04 bits per heavy atom. The van der Waals surface area contributed by atoms with Crippen LogP contribution in [0.2, 0.25) is 0 Å². The molecule has 0 radical (unpaired) electrons. The molecular formula is C51H67N13O12S. The summed E-state index contributed by atoms with van der Waals surface area (Å²) in [6.07, 6.45) is 7.24. The summed E-state index contributed by atoms with van der Waals surface area (Å²) in [6, 6.07) is 8.66. The van der Waals surface area contributed by atoms with Crippen molar-refractivity contribution in [3.8, 4) is 0 Å². The number of aromatic nitrogens is 5. The van der Waals surface area contributed by atoms with Gasteiger partial charge in [0.15, 0.2) is 10.9 Å². The Morgan fingerprint density at radius 2 is 1.44 bits per heavy atom. The van der Waals surface area contributed by atoms with E-state index in [2.05, 4.69) is 51.3 Å². The maximum Gasteiger partial charge on any atom is 0.348 e. The standard InChI is InChI=1S/C51H67N13O12S/c1-33-41-31-55-50(59-46(41)63(38-7-5-6-8-38)48(69)45(33)35(3)65)58-43-12-10-39(30-54-43)62-17-15-61(16-18-62)32-44(67)53-14-20-73-22-24-75-26-28-76-27-25-74-23-21-72-19-13-52-37-9-11-40(42(29-37)57-36(4)66)47(68)60-51-56-34(2)49(77-51)64(70)71/h9-12,29-31,38,52H,5-8,13-28,32H2,1-4H3,(H,53,67)(H,57,66)(H,56,60,68)(H,54,55,58,59). The molecule has 0 atom stereocenters. The highest BCUT2D eigenvalue weighted by Crippen LogP contribution is 2.33. The summed E-state index contributed by atoms with van der Waals surface area (Å²) >= 11 is 0.751. The minimum atomic E-state index is -0.576. The second kappa shape index (κ2) is 28.9. The van der Waals surface area contributed by atoms with Gasteiger partial charge in [0.1, 0.15) is 17.2 Å². The average Bonchev–Trinajstić information content (AvgIpc) is 4.12. The maximum atomic E-state index is 13.6. The number of pyridine rings is 2. The normalized spacial score (nSPS) is 13.9. The van der Waals surface area contributed by atoms with Crippen LogP contribution < -0.4 is 37.0 Å². The van der Waals surface area contributed by atoms with E-state index in [0.29, 0.717) is 120 Å². The summed E-state index contributed by atoms with van der Waals surface area (Å²) in [6.45, 7) is 14.0. The van der Waals surface area contributed by atoms with Gasteiger partial charge in [-0.15, -0.1) is 0 Å². The van der Waals surface area contributed by atoms with Gasteiger partial charge in [-0.2, -0.15) is 4.98 Å². The van der Waals surface area contributed by atoms with E-state index in [0.717, 1.165) is 68.9 Å². The van der Waals surface area contributed by atoms with Gasteiger partial charge in [0, 0.05) is 69.5 Å². The number of rotatable bonds is 30. The van der Waals surface area contributed by atoms with Gasteiger partial charge in [0.05, 0.1) is 106 Å². The molecule has 414 valence electrons. The minimum Gasteiger partial charge on any atom is -0.383 e. The summed E-state index contributed by atoms with van der Waals surface area (Å²) in [5, 5.41) is 26.2. The van der Waals surface area contributed by atoms with Crippen molar-refractivity contribution < 1.29 is 47.8 Å². The number of carbonyl (C=O) groups is 4. The highest BCUT2D eigenvalue weighted by Gasteiger charge is 2.27. The molecule has 0 spiro atoms. The molecule has 1 aliphatic heterocycles. The summed E-state index contributed by atoms with van der Waals surface area (Å²) in [5.74, 6) is -0.395. The van der Waals surface area contributed by atoms with E-state index in [1.807, 2.05) is 12.1 Å². The van der Waals surface area contributed by atoms with Crippen molar-refractivity contribution in [1.82, 2.24) is 34.7 Å². The van der Waals surface area contributed by atoms with Crippen molar-refractivity contribution in [2.45, 2.75) is 59.4 Å². The smallest absolute Gasteiger partial charge is 0.348 e. The molecule has 2 aliphatic rings. The Morgan fingerprint density at radius 1 is 0.792 bits per heavy atom. The molecule has 4 aromatic heterocycles. The molecule has 5 aromatic rings. The number of Topliss-reactive ketones (excluding diaryl/α,β-unsaturated/α-hetero) is 1. The average molecular weight is 1090 g/mol. The lowest BCUT2D eigenvalue weighted by Gasteiger charge is -2.35. The van der Waals surface area contributed by atoms with Gasteiger partial charge in [0.25, 0.3) is 11.5 Å². The van der Waals surface area contributed by atoms with Crippen LogP contribution in [0.15, 0.2) is 47.5 Å². The quantitative estimate of drug-likeness (QED) is 0.0177. The summed E-state index contributed by atoms with van der Waals surface area (Å²) in [7, 11) is 0. The number of ketones is 1. The largest absolute Gasteiger partial charge is 0.383 e. The molecule has 7 rings (SSSR count). The fourth-order valence-corrected chi connectivity index (χ4v) is 9.70. The number of aryl methyl sites for hydroxylation is 2. The molecule has 77 heavy (non-hydrogen) atoms. The number of carbonyl (C=O) groups excluding carboxylic acids is 4. The lowest BCUT2D eigenvalue weighted by Crippen LogP contribution is -2.49. The van der Waals surface area contributed by atoms with Gasteiger partial charge >= 0.3 is 5.00 Å². The van der Waals surface area contributed by atoms with E-state index < -0.39 is 10.8 Å². The fourth-order valence-electron chi connectivity index (χ4n) is 8.93. The number of benzene rings is 1. The molecule has 0 unspecified atom stereocenters. The van der Waals surface area contributed by atoms with Crippen LogP contribution in [0.3, 0.4) is 0 Å². The highest BCUT2D eigenvalue weighted by atomic mass is 32.1. The number of nitro groups is 1. The minimum absolute atomic E-state index is 0.0101. The topological polar surface area (TPSA) is 298 Å². The van der Waals surface area contributed by atoms with Crippen molar-refractivity contribution in [2.75, 3.05) is 138 Å². The molecule has 26 heteroatoms. The van der Waals surface area contributed by atoms with Crippen molar-refractivity contribution >= 4 is 84.8 Å². The molecule has 25 nitrogen and oxygen atoms in total. The van der Waals surface area contributed by atoms with Crippen LogP contribution in [0, 0.1) is 24.0 Å². The number of piperazine rings is 1. The monoisotopic (exact) mass is 1090 g/mol. The van der Waals surface area contributed by atoms with Crippen LogP contribution in [-0.2, 0) is 33.3 Å². The van der Waals surface area contributed by atoms with Gasteiger partial charge in [-0.05, 0) is 80.8 Å². The molecule has 5 N–H and O–H groups in total. The van der Waals surface area contributed by atoms with E-state index in [-0.39, 0.29) is 61.8 Å². The third kappa shape index (κ3) is 16.7. The molecule has 1 aromatic carbocycles. The zero-order valence-corrected chi connectivity index (χ0v) is 44.7. The van der Waals surface area contributed by atoms with Gasteiger partial charge in [0.2, 0.25) is 17.8 Å². The number of thiazole rings is 1. The Hall–Kier alpha value is -7.07. The second-order valence-corrected chi connectivity index (χ2v) is 19.3. The van der Waals surface area contributed by atoms with E-state index in [4.69, 9.17) is 28.7 Å². The first-order valence-electron chi connectivity index (χ1n) is 25.6. The number of amides is 3. The summed E-state index contributed by atoms with van der Waals surface area (Å²) in [5.41, 5.74) is 3.24. The maximum absolute atomic E-state index is 13.6. The molecule has 1 aliphatic carbocycles. The van der Waals surface area contributed by atoms with Crippen LogP contribution in [0.1, 0.15) is 77.5 Å². The summed E-state index contributed by atoms with van der Waals surface area (Å²) in [4.78, 5) is 96.3. The number of fused-ring (bicyclic) bond motifs is 1. The highest BCUT2D eigenvalue weighted by molar-refractivity contribution is 7.19. The SMILES string of the molecule is CC(=O)Nc1cc(NCCOCCOCCOCCOCCOCCNC(=O)CN2CCN(c3ccc(Nc4ncc5c(C)c(C(C)=O)c(=O)n(C6CCCC6)c5n4)nc3)CC2)ccc1C(=O)Nc1nc(C)c([N+](=O)[O-])s1. The lowest BCUT2D eigenvalue weighted by molar-refractivity contribution is -0.380. The molecule has 1 saturated carbocycles. The first-order valence-corrected chi connectivity index (χ1v) is 26.4. The first-order chi connectivity index (χ1) is 37.2. The Labute approximate surface area is 448 Å². The molecule has 0 bridgehead atoms. The Bertz CT molecular complexity index is 2890. The summed E-state index contributed by atoms with van der Waals surface area (Å²) < 4.78 is 29.6. The molecule has 3 amide bonds. The molecule has 1 saturated heterocycles. The van der Waals surface area contributed by atoms with Crippen LogP contribution >= 0.6 is 11.3 Å². The molecule has 2 fully saturated rings. The van der Waals surface area contributed by atoms with Crippen molar-refractivity contribution in [3.63, 3.8) is 0 Å². The Balaban J connectivity index is 0.667. The predicted molar refractivity (Wildman–Crippen MR) is 290 cm³/mol. The zero-order chi connectivity index (χ0) is 54.7. The van der Waals surface area contributed by atoms with Crippen LogP contribution in [0.5, 0.6) is 0 Å². The lowest BCUT2D eigenvalue weighted by atomic mass is 10.0. The number of hydrogen-bond donors (Lipinski definition) is 5. The van der Waals surface area contributed by atoms with Crippen LogP contribution in [0.25, 0.3) is 11.0 Å². The van der Waals surface area contributed by atoms with Crippen molar-refractivity contribution in [3.05, 3.63) is 85.6 Å². The molecular weight excluding hydrogens is 1020 g/mol. The van der Waals surface area contributed by atoms with Gasteiger partial charge in [-0.25, -0.2) is 15.0 Å². The van der Waals surface area contributed by atoms with Gasteiger partial charge in [-0.3, -0.25) is 48.9 Å². The second-order valence-electron chi connectivity index (χ2n) is 18.3. The van der Waals surface area contributed by atoms with Crippen LogP contribution in [0.4, 0.5) is 39.0 Å². The van der Waals surface area contributed by atoms with Gasteiger partial charge in [-0.1, -0.05) is 12.8 Å². The van der Waals surface area contributed by atoms with E-state index in [9.17, 15) is 34.1 Å². The number of nitrogens with zero attached hydrogens (tertiary/aromatic N) is 8.